The van der Waals surface area contributed by atoms with Gasteiger partial charge in [0.2, 0.25) is 17.8 Å². The van der Waals surface area contributed by atoms with E-state index in [1.165, 1.54) is 17.8 Å². The van der Waals surface area contributed by atoms with Crippen molar-refractivity contribution < 1.29 is 22.7 Å². The molecule has 0 saturated carbocycles. The Bertz CT molecular complexity index is 2310. The Morgan fingerprint density at radius 1 is 0.941 bits per heavy atom. The zero-order chi connectivity index (χ0) is 36.7. The van der Waals surface area contributed by atoms with Crippen molar-refractivity contribution in [2.45, 2.75) is 32.4 Å². The van der Waals surface area contributed by atoms with Gasteiger partial charge in [0.25, 0.3) is 0 Å². The first-order valence-electron chi connectivity index (χ1n) is 14.8. The molecule has 5 aromatic rings. The van der Waals surface area contributed by atoms with Crippen LogP contribution in [0, 0.1) is 6.08 Å². The number of anilines is 5. The normalized spacial score (nSPS) is 11.5. The Labute approximate surface area is 313 Å². The van der Waals surface area contributed by atoms with E-state index in [1.54, 1.807) is 41.8 Å². The van der Waals surface area contributed by atoms with Gasteiger partial charge in [-0.1, -0.05) is 31.0 Å². The SMILES string of the molecule is C=CSc1cccc(Nc2nc(F)nc(Nc3cc(S)cc4cc(S)c(N=Nc5cc(NC(=O)CCCS(=O)(=O)C=C)ccc5S)c(O)c34)n2)c1. The number of aromatic nitrogens is 3. The van der Waals surface area contributed by atoms with Crippen LogP contribution in [0.25, 0.3) is 10.8 Å². The molecule has 1 heterocycles. The van der Waals surface area contributed by atoms with Crippen LogP contribution in [-0.4, -0.2) is 40.1 Å². The van der Waals surface area contributed by atoms with Crippen molar-refractivity contribution in [2.75, 3.05) is 21.7 Å². The average Bonchev–Trinajstić information content (AvgIpc) is 3.05. The molecule has 0 aliphatic heterocycles. The highest BCUT2D eigenvalue weighted by Gasteiger charge is 2.18. The summed E-state index contributed by atoms with van der Waals surface area (Å²) in [6.07, 6.45) is -0.946. The summed E-state index contributed by atoms with van der Waals surface area (Å²) in [5.41, 5.74) is 1.54. The van der Waals surface area contributed by atoms with Crippen LogP contribution in [0.1, 0.15) is 12.8 Å². The van der Waals surface area contributed by atoms with Crippen molar-refractivity contribution in [1.29, 1.82) is 0 Å². The maximum Gasteiger partial charge on any atom is 0.315 e. The van der Waals surface area contributed by atoms with Crippen molar-refractivity contribution in [3.8, 4) is 5.75 Å². The summed E-state index contributed by atoms with van der Waals surface area (Å²) in [6, 6.07) is 17.0. The van der Waals surface area contributed by atoms with E-state index in [4.69, 9.17) is 0 Å². The molecule has 0 atom stereocenters. The van der Waals surface area contributed by atoms with Gasteiger partial charge in [-0.3, -0.25) is 4.79 Å². The van der Waals surface area contributed by atoms with Gasteiger partial charge in [0.15, 0.2) is 15.6 Å². The molecule has 51 heavy (non-hydrogen) atoms. The summed E-state index contributed by atoms with van der Waals surface area (Å²) in [5.74, 6) is -1.10. The van der Waals surface area contributed by atoms with E-state index in [1.807, 2.05) is 18.2 Å². The smallest absolute Gasteiger partial charge is 0.315 e. The molecule has 0 spiro atoms. The molecule has 0 aliphatic carbocycles. The summed E-state index contributed by atoms with van der Waals surface area (Å²) in [6.45, 7) is 6.98. The van der Waals surface area contributed by atoms with Gasteiger partial charge in [-0.2, -0.15) is 19.3 Å². The Kier molecular flexibility index (Phi) is 12.2. The average molecular weight is 781 g/mol. The standard InChI is InChI=1S/C33H29FN8O4S5/c1-3-50-22-8-5-7-19(15-22)36-32-38-31(34)39-33(40-32)37-24-17-21(47)13-18-14-26(49)29(30(44)28(18)24)42-41-23-16-20(10-11-25(23)48)35-27(43)9-6-12-51(45,46)4-2/h3-5,7-8,10-11,13-17,44,47-49H,1-2,6,9,12H2,(H,35,43)(H2,36,37,38,39,40). The van der Waals surface area contributed by atoms with Gasteiger partial charge >= 0.3 is 6.08 Å². The third-order valence-corrected chi connectivity index (χ3v) is 9.95. The number of azo groups is 1. The number of halogens is 1. The second-order valence-corrected chi connectivity index (χ2v) is 15.2. The number of hydrogen-bond donors (Lipinski definition) is 7. The van der Waals surface area contributed by atoms with Gasteiger partial charge in [0.05, 0.1) is 11.4 Å². The van der Waals surface area contributed by atoms with E-state index in [2.05, 4.69) is 92.2 Å². The second kappa shape index (κ2) is 16.6. The summed E-state index contributed by atoms with van der Waals surface area (Å²) in [7, 11) is -3.41. The first-order chi connectivity index (χ1) is 24.3. The van der Waals surface area contributed by atoms with Crippen LogP contribution in [-0.2, 0) is 14.6 Å². The number of carbonyl (C=O) groups is 1. The van der Waals surface area contributed by atoms with Crippen molar-refractivity contribution in [2.24, 2.45) is 10.2 Å². The zero-order valence-electron chi connectivity index (χ0n) is 26.4. The van der Waals surface area contributed by atoms with Crippen LogP contribution >= 0.6 is 49.6 Å². The Morgan fingerprint density at radius 3 is 2.45 bits per heavy atom. The third kappa shape index (κ3) is 10.0. The molecule has 4 aromatic carbocycles. The van der Waals surface area contributed by atoms with Crippen LogP contribution in [0.3, 0.4) is 0 Å². The van der Waals surface area contributed by atoms with Crippen molar-refractivity contribution in [3.05, 3.63) is 90.7 Å². The quantitative estimate of drug-likeness (QED) is 0.0328. The number of fused-ring (bicyclic) bond motifs is 1. The van der Waals surface area contributed by atoms with Crippen molar-refractivity contribution >= 4 is 116 Å². The molecular weight excluding hydrogens is 752 g/mol. The number of nitrogens with one attached hydrogen (secondary N) is 3. The van der Waals surface area contributed by atoms with E-state index in [-0.39, 0.29) is 63.6 Å². The van der Waals surface area contributed by atoms with Gasteiger partial charge in [0, 0.05) is 48.2 Å². The Hall–Kier alpha value is -4.62. The molecule has 18 heteroatoms. The summed E-state index contributed by atoms with van der Waals surface area (Å²) >= 11 is 14.9. The number of carbonyl (C=O) groups excluding carboxylic acids is 1. The number of thioether (sulfide) groups is 1. The van der Waals surface area contributed by atoms with E-state index in [9.17, 15) is 22.7 Å². The molecule has 4 N–H and O–H groups in total. The summed E-state index contributed by atoms with van der Waals surface area (Å²) < 4.78 is 37.8. The number of hydrogen-bond acceptors (Lipinski definition) is 15. The fourth-order valence-electron chi connectivity index (χ4n) is 4.66. The van der Waals surface area contributed by atoms with E-state index < -0.39 is 21.8 Å². The van der Waals surface area contributed by atoms with Crippen LogP contribution < -0.4 is 16.0 Å². The predicted molar refractivity (Wildman–Crippen MR) is 209 cm³/mol. The number of phenols is 1. The predicted octanol–water partition coefficient (Wildman–Crippen LogP) is 9.15. The highest BCUT2D eigenvalue weighted by Crippen LogP contribution is 2.45. The minimum Gasteiger partial charge on any atom is -0.505 e. The molecule has 0 fully saturated rings. The molecule has 12 nitrogen and oxygen atoms in total. The summed E-state index contributed by atoms with van der Waals surface area (Å²) in [4.78, 5) is 26.4. The molecule has 0 bridgehead atoms. The number of rotatable bonds is 14. The lowest BCUT2D eigenvalue weighted by Crippen LogP contribution is -2.13. The minimum absolute atomic E-state index is 0.00727. The van der Waals surface area contributed by atoms with Gasteiger partial charge in [-0.15, -0.1) is 48.1 Å². The topological polar surface area (TPSA) is 171 Å². The largest absolute Gasteiger partial charge is 0.505 e. The molecule has 1 amide bonds. The second-order valence-electron chi connectivity index (χ2n) is 10.6. The number of nitrogens with zero attached hydrogens (tertiary/aromatic N) is 5. The first-order valence-corrected chi connectivity index (χ1v) is 18.7. The molecule has 1 aromatic heterocycles. The van der Waals surface area contributed by atoms with Crippen LogP contribution in [0.5, 0.6) is 5.75 Å². The maximum absolute atomic E-state index is 14.6. The minimum atomic E-state index is -3.41. The third-order valence-electron chi connectivity index (χ3n) is 6.92. The lowest BCUT2D eigenvalue weighted by Gasteiger charge is -2.14. The lowest BCUT2D eigenvalue weighted by molar-refractivity contribution is -0.116. The monoisotopic (exact) mass is 780 g/mol. The van der Waals surface area contributed by atoms with Gasteiger partial charge in [-0.25, -0.2) is 8.42 Å². The zero-order valence-corrected chi connectivity index (χ0v) is 30.7. The Morgan fingerprint density at radius 2 is 1.71 bits per heavy atom. The number of amides is 1. The highest BCUT2D eigenvalue weighted by molar-refractivity contribution is 8.02. The van der Waals surface area contributed by atoms with Crippen molar-refractivity contribution in [3.63, 3.8) is 0 Å². The van der Waals surface area contributed by atoms with Crippen molar-refractivity contribution in [1.82, 2.24) is 15.0 Å². The fraction of sp³-hybridized carbons (Fsp3) is 0.0909. The number of sulfone groups is 1. The molecule has 0 radical (unpaired) electrons. The van der Waals surface area contributed by atoms with Crippen LogP contribution in [0.2, 0.25) is 0 Å². The van der Waals surface area contributed by atoms with Crippen LogP contribution in [0.4, 0.5) is 44.7 Å². The highest BCUT2D eigenvalue weighted by atomic mass is 32.2. The maximum atomic E-state index is 14.6. The van der Waals surface area contributed by atoms with Gasteiger partial charge < -0.3 is 21.1 Å². The number of thiol groups is 3. The first kappa shape index (κ1) is 37.6. The Balaban J connectivity index is 1.41. The van der Waals surface area contributed by atoms with Gasteiger partial charge in [-0.05, 0) is 71.8 Å². The molecule has 0 saturated heterocycles. The molecule has 5 rings (SSSR count). The molecule has 262 valence electrons. The molecular formula is C33H29FN8O4S5. The molecule has 0 unspecified atom stereocenters. The van der Waals surface area contributed by atoms with E-state index in [0.717, 1.165) is 10.3 Å². The summed E-state index contributed by atoms with van der Waals surface area (Å²) in [5, 5.41) is 32.0. The number of benzene rings is 4. The number of phenolic OH excluding ortho intramolecular Hbond substituents is 1. The van der Waals surface area contributed by atoms with Crippen LogP contribution in [0.15, 0.2) is 114 Å². The van der Waals surface area contributed by atoms with E-state index in [0.29, 0.717) is 26.6 Å². The van der Waals surface area contributed by atoms with E-state index >= 15 is 0 Å². The fourth-order valence-corrected chi connectivity index (χ4v) is 6.66. The van der Waals surface area contributed by atoms with Gasteiger partial charge in [0.1, 0.15) is 11.4 Å². The lowest BCUT2D eigenvalue weighted by atomic mass is 10.1. The molecule has 0 aliphatic rings. The number of aromatic hydroxyl groups is 1.